The molecule has 0 aliphatic rings. The molecule has 0 spiro atoms. The minimum Gasteiger partial charge on any atom is -0.465 e. The Hall–Kier alpha value is -1.93. The summed E-state index contributed by atoms with van der Waals surface area (Å²) in [5.74, 6) is -1.38. The fraction of sp³-hybridized carbons (Fsp3) is 0.333. The van der Waals surface area contributed by atoms with E-state index in [4.69, 9.17) is 5.73 Å². The van der Waals surface area contributed by atoms with Gasteiger partial charge >= 0.3 is 12.1 Å². The first-order valence-corrected chi connectivity index (χ1v) is 4.42. The highest BCUT2D eigenvalue weighted by atomic mass is 19.4. The average Bonchev–Trinajstić information content (AvgIpc) is 2.25. The van der Waals surface area contributed by atoms with Crippen molar-refractivity contribution >= 4 is 11.7 Å². The van der Waals surface area contributed by atoms with Crippen molar-refractivity contribution in [3.8, 4) is 0 Å². The Kier molecular flexibility index (Phi) is 3.73. The van der Waals surface area contributed by atoms with Crippen LogP contribution in [-0.2, 0) is 10.9 Å². The van der Waals surface area contributed by atoms with Crippen LogP contribution in [0.3, 0.4) is 0 Å². The predicted molar refractivity (Wildman–Crippen MR) is 49.9 cm³/mol. The number of rotatable bonds is 2. The van der Waals surface area contributed by atoms with Gasteiger partial charge in [-0.05, 0) is 0 Å². The van der Waals surface area contributed by atoms with Gasteiger partial charge in [-0.1, -0.05) is 0 Å². The normalized spacial score (nSPS) is 11.7. The third-order valence-electron chi connectivity index (χ3n) is 2.04. The Morgan fingerprint density at radius 3 is 2.39 bits per heavy atom. The number of hydrogen-bond donors (Lipinski definition) is 1. The van der Waals surface area contributed by atoms with E-state index in [0.717, 1.165) is 7.11 Å². The molecule has 4 nitrogen and oxygen atoms in total. The summed E-state index contributed by atoms with van der Waals surface area (Å²) < 4.78 is 66.6. The number of hydrogen-bond acceptors (Lipinski definition) is 4. The first-order valence-electron chi connectivity index (χ1n) is 4.42. The largest absolute Gasteiger partial charge is 0.465 e. The molecule has 0 unspecified atom stereocenters. The number of esters is 1. The lowest BCUT2D eigenvalue weighted by atomic mass is 10.1. The molecule has 0 aromatic carbocycles. The predicted octanol–water partition coefficient (Wildman–Crippen LogP) is 2.41. The summed E-state index contributed by atoms with van der Waals surface area (Å²) in [5, 5.41) is 0. The maximum Gasteiger partial charge on any atom is 0.435 e. The zero-order chi connectivity index (χ0) is 14.1. The van der Waals surface area contributed by atoms with Crippen LogP contribution in [0.5, 0.6) is 0 Å². The molecule has 1 aromatic heterocycles. The second-order valence-electron chi connectivity index (χ2n) is 3.14. The summed E-state index contributed by atoms with van der Waals surface area (Å²) in [6, 6.07) is 0. The number of carbonyl (C=O) groups excluding carboxylic acids is 1. The first kappa shape index (κ1) is 14.1. The standard InChI is InChI=1S/C9H7F5N2O2/c1-18-8(17)4-3(7(10)11)2-16-6(5(4)15)9(12,13)14/h2,7H,15H2,1H3. The maximum absolute atomic E-state index is 12.5. The molecule has 18 heavy (non-hydrogen) atoms. The summed E-state index contributed by atoms with van der Waals surface area (Å²) in [7, 11) is 0.838. The Morgan fingerprint density at radius 1 is 1.44 bits per heavy atom. The van der Waals surface area contributed by atoms with Gasteiger partial charge in [0, 0.05) is 6.20 Å². The van der Waals surface area contributed by atoms with Gasteiger partial charge < -0.3 is 10.5 Å². The van der Waals surface area contributed by atoms with Crippen LogP contribution in [0, 0.1) is 0 Å². The molecule has 0 amide bonds. The van der Waals surface area contributed by atoms with Gasteiger partial charge in [-0.2, -0.15) is 13.2 Å². The molecule has 0 atom stereocenters. The third-order valence-corrected chi connectivity index (χ3v) is 2.04. The fourth-order valence-corrected chi connectivity index (χ4v) is 1.26. The number of nitrogens with zero attached hydrogens (tertiary/aromatic N) is 1. The quantitative estimate of drug-likeness (QED) is 0.662. The lowest BCUT2D eigenvalue weighted by molar-refractivity contribution is -0.140. The molecule has 0 aliphatic carbocycles. The van der Waals surface area contributed by atoms with Crippen molar-refractivity contribution in [3.05, 3.63) is 23.0 Å². The molecular formula is C9H7F5N2O2. The number of carbonyl (C=O) groups is 1. The second kappa shape index (κ2) is 4.75. The van der Waals surface area contributed by atoms with Gasteiger partial charge in [0.05, 0.1) is 23.9 Å². The van der Waals surface area contributed by atoms with E-state index in [1.807, 2.05) is 0 Å². The van der Waals surface area contributed by atoms with Crippen LogP contribution >= 0.6 is 0 Å². The molecule has 1 aromatic rings. The van der Waals surface area contributed by atoms with Gasteiger partial charge in [0.2, 0.25) is 0 Å². The van der Waals surface area contributed by atoms with E-state index >= 15 is 0 Å². The van der Waals surface area contributed by atoms with Crippen molar-refractivity contribution in [2.24, 2.45) is 0 Å². The minimum atomic E-state index is -4.95. The van der Waals surface area contributed by atoms with E-state index in [1.54, 1.807) is 0 Å². The van der Waals surface area contributed by atoms with Gasteiger partial charge in [-0.25, -0.2) is 18.6 Å². The van der Waals surface area contributed by atoms with Crippen LogP contribution in [0.1, 0.15) is 28.0 Å². The highest BCUT2D eigenvalue weighted by molar-refractivity contribution is 5.97. The molecule has 9 heteroatoms. The van der Waals surface area contributed by atoms with Gasteiger partial charge in [-0.15, -0.1) is 0 Å². The Morgan fingerprint density at radius 2 is 2.00 bits per heavy atom. The van der Waals surface area contributed by atoms with Gasteiger partial charge in [-0.3, -0.25) is 0 Å². The fourth-order valence-electron chi connectivity index (χ4n) is 1.26. The number of anilines is 1. The molecule has 1 rings (SSSR count). The molecule has 0 saturated carbocycles. The number of methoxy groups -OCH3 is 1. The molecule has 0 fully saturated rings. The monoisotopic (exact) mass is 270 g/mol. The molecule has 100 valence electrons. The molecule has 0 saturated heterocycles. The smallest absolute Gasteiger partial charge is 0.435 e. The minimum absolute atomic E-state index is 0.260. The lowest BCUT2D eigenvalue weighted by Crippen LogP contribution is -2.18. The number of ether oxygens (including phenoxy) is 1. The first-order chi connectivity index (χ1) is 8.20. The van der Waals surface area contributed by atoms with Gasteiger partial charge in [0.1, 0.15) is 0 Å². The Balaban J connectivity index is 3.55. The highest BCUT2D eigenvalue weighted by Crippen LogP contribution is 2.36. The number of alkyl halides is 5. The summed E-state index contributed by atoms with van der Waals surface area (Å²) >= 11 is 0. The SMILES string of the molecule is COC(=O)c1c(C(F)F)cnc(C(F)(F)F)c1N. The van der Waals surface area contributed by atoms with E-state index in [1.165, 1.54) is 0 Å². The Bertz CT molecular complexity index is 473. The van der Waals surface area contributed by atoms with Crippen LogP contribution in [0.4, 0.5) is 27.6 Å². The number of nitrogens with two attached hydrogens (primary N) is 1. The van der Waals surface area contributed by atoms with E-state index in [2.05, 4.69) is 9.72 Å². The van der Waals surface area contributed by atoms with Crippen molar-refractivity contribution < 1.29 is 31.5 Å². The molecule has 0 radical (unpaired) electrons. The van der Waals surface area contributed by atoms with Crippen LogP contribution < -0.4 is 5.73 Å². The zero-order valence-corrected chi connectivity index (χ0v) is 8.89. The molecule has 0 bridgehead atoms. The van der Waals surface area contributed by atoms with E-state index in [0.29, 0.717) is 0 Å². The second-order valence-corrected chi connectivity index (χ2v) is 3.14. The van der Waals surface area contributed by atoms with E-state index < -0.39 is 41.1 Å². The molecule has 2 N–H and O–H groups in total. The molecule has 0 aliphatic heterocycles. The topological polar surface area (TPSA) is 65.2 Å². The van der Waals surface area contributed by atoms with Crippen LogP contribution in [0.2, 0.25) is 0 Å². The van der Waals surface area contributed by atoms with E-state index in [-0.39, 0.29) is 6.20 Å². The van der Waals surface area contributed by atoms with Crippen LogP contribution in [-0.4, -0.2) is 18.1 Å². The molecule has 1 heterocycles. The maximum atomic E-state index is 12.5. The number of aromatic nitrogens is 1. The summed E-state index contributed by atoms with van der Waals surface area (Å²) in [5.41, 5.74) is 0.264. The summed E-state index contributed by atoms with van der Waals surface area (Å²) in [6.07, 6.45) is -7.89. The van der Waals surface area contributed by atoms with Crippen molar-refractivity contribution in [3.63, 3.8) is 0 Å². The van der Waals surface area contributed by atoms with Crippen molar-refractivity contribution in [1.82, 2.24) is 4.98 Å². The number of nitrogen functional groups attached to an aromatic ring is 1. The number of halogens is 5. The number of pyridine rings is 1. The van der Waals surface area contributed by atoms with Gasteiger partial charge in [0.25, 0.3) is 6.43 Å². The lowest BCUT2D eigenvalue weighted by Gasteiger charge is -2.14. The zero-order valence-electron chi connectivity index (χ0n) is 8.89. The summed E-state index contributed by atoms with van der Waals surface area (Å²) in [4.78, 5) is 14.0. The van der Waals surface area contributed by atoms with E-state index in [9.17, 15) is 26.7 Å². The average molecular weight is 270 g/mol. The molecular weight excluding hydrogens is 263 g/mol. The van der Waals surface area contributed by atoms with Crippen molar-refractivity contribution in [1.29, 1.82) is 0 Å². The highest BCUT2D eigenvalue weighted by Gasteiger charge is 2.38. The summed E-state index contributed by atoms with van der Waals surface area (Å²) in [6.45, 7) is 0. The van der Waals surface area contributed by atoms with Gasteiger partial charge in [0.15, 0.2) is 5.69 Å². The van der Waals surface area contributed by atoms with Crippen molar-refractivity contribution in [2.75, 3.05) is 12.8 Å². The van der Waals surface area contributed by atoms with Crippen LogP contribution in [0.25, 0.3) is 0 Å². The van der Waals surface area contributed by atoms with Crippen LogP contribution in [0.15, 0.2) is 6.20 Å². The third kappa shape index (κ3) is 2.49. The van der Waals surface area contributed by atoms with Crippen molar-refractivity contribution in [2.45, 2.75) is 12.6 Å². The Labute approximate surface area is 97.6 Å².